The van der Waals surface area contributed by atoms with Crippen molar-refractivity contribution in [2.75, 3.05) is 6.61 Å². The van der Waals surface area contributed by atoms with E-state index in [-0.39, 0.29) is 23.1 Å². The summed E-state index contributed by atoms with van der Waals surface area (Å²) in [6.07, 6.45) is 7.08. The van der Waals surface area contributed by atoms with Gasteiger partial charge < -0.3 is 4.74 Å². The quantitative estimate of drug-likeness (QED) is 0.521. The standard InChI is InChI=1S/C17H28O3/c1-5-13(2)16(19)20-9-7-6-8-14-10-15(18)12-17(3,4)11-14/h10,13H,5-9,11-12H2,1-4H3. The fourth-order valence-electron chi connectivity index (χ4n) is 2.57. The lowest BCUT2D eigenvalue weighted by atomic mass is 9.76. The van der Waals surface area contributed by atoms with E-state index in [1.807, 2.05) is 19.9 Å². The van der Waals surface area contributed by atoms with E-state index in [0.717, 1.165) is 32.1 Å². The molecule has 3 nitrogen and oxygen atoms in total. The molecule has 0 aliphatic heterocycles. The number of esters is 1. The first-order chi connectivity index (χ1) is 9.34. The zero-order valence-electron chi connectivity index (χ0n) is 13.3. The Morgan fingerprint density at radius 3 is 2.65 bits per heavy atom. The molecule has 114 valence electrons. The molecule has 1 aliphatic rings. The molecule has 0 amide bonds. The molecule has 0 heterocycles. The molecule has 0 aromatic rings. The predicted octanol–water partition coefficient (Wildman–Crippen LogP) is 4.06. The second-order valence-corrected chi connectivity index (χ2v) is 6.72. The fraction of sp³-hybridized carbons (Fsp3) is 0.765. The van der Waals surface area contributed by atoms with Gasteiger partial charge in [0.25, 0.3) is 0 Å². The minimum Gasteiger partial charge on any atom is -0.465 e. The van der Waals surface area contributed by atoms with Crippen LogP contribution < -0.4 is 0 Å². The van der Waals surface area contributed by atoms with Crippen molar-refractivity contribution in [3.8, 4) is 0 Å². The average Bonchev–Trinajstić information content (AvgIpc) is 2.34. The van der Waals surface area contributed by atoms with Crippen molar-refractivity contribution in [3.05, 3.63) is 11.6 Å². The van der Waals surface area contributed by atoms with Gasteiger partial charge in [-0.05, 0) is 43.6 Å². The van der Waals surface area contributed by atoms with Gasteiger partial charge >= 0.3 is 5.97 Å². The lowest BCUT2D eigenvalue weighted by molar-refractivity contribution is -0.148. The first-order valence-electron chi connectivity index (χ1n) is 7.73. The maximum atomic E-state index is 11.6. The smallest absolute Gasteiger partial charge is 0.308 e. The minimum absolute atomic E-state index is 0.00512. The number of ether oxygens (including phenoxy) is 1. The highest BCUT2D eigenvalue weighted by Crippen LogP contribution is 2.35. The predicted molar refractivity (Wildman–Crippen MR) is 80.4 cm³/mol. The van der Waals surface area contributed by atoms with E-state index >= 15 is 0 Å². The van der Waals surface area contributed by atoms with Crippen molar-refractivity contribution in [2.24, 2.45) is 11.3 Å². The molecule has 1 unspecified atom stereocenters. The molecule has 1 rings (SSSR count). The van der Waals surface area contributed by atoms with E-state index in [1.54, 1.807) is 0 Å². The number of hydrogen-bond donors (Lipinski definition) is 0. The summed E-state index contributed by atoms with van der Waals surface area (Å²) in [5.41, 5.74) is 1.35. The zero-order chi connectivity index (χ0) is 15.2. The number of allylic oxidation sites excluding steroid dienone is 2. The molecule has 0 N–H and O–H groups in total. The summed E-state index contributed by atoms with van der Waals surface area (Å²) < 4.78 is 5.22. The van der Waals surface area contributed by atoms with E-state index < -0.39 is 0 Å². The summed E-state index contributed by atoms with van der Waals surface area (Å²) in [7, 11) is 0. The molecule has 0 saturated heterocycles. The number of unbranched alkanes of at least 4 members (excludes halogenated alkanes) is 1. The Morgan fingerprint density at radius 2 is 2.05 bits per heavy atom. The lowest BCUT2D eigenvalue weighted by Crippen LogP contribution is -2.21. The van der Waals surface area contributed by atoms with E-state index in [4.69, 9.17) is 4.74 Å². The SMILES string of the molecule is CCC(C)C(=O)OCCCCC1=CC(=O)CC(C)(C)C1. The summed E-state index contributed by atoms with van der Waals surface area (Å²) in [6, 6.07) is 0. The van der Waals surface area contributed by atoms with Crippen LogP contribution in [0, 0.1) is 11.3 Å². The highest BCUT2D eigenvalue weighted by molar-refractivity contribution is 5.91. The molecule has 0 fully saturated rings. The second-order valence-electron chi connectivity index (χ2n) is 6.72. The number of hydrogen-bond acceptors (Lipinski definition) is 3. The number of rotatable bonds is 7. The van der Waals surface area contributed by atoms with Crippen LogP contribution in [0.15, 0.2) is 11.6 Å². The first-order valence-corrected chi connectivity index (χ1v) is 7.73. The Bertz CT molecular complexity index is 380. The maximum absolute atomic E-state index is 11.6. The summed E-state index contributed by atoms with van der Waals surface area (Å²) in [5.74, 6) is 0.148. The highest BCUT2D eigenvalue weighted by Gasteiger charge is 2.26. The summed E-state index contributed by atoms with van der Waals surface area (Å²) in [5, 5.41) is 0. The molecular formula is C17H28O3. The average molecular weight is 280 g/mol. The van der Waals surface area contributed by atoms with Crippen LogP contribution in [-0.4, -0.2) is 18.4 Å². The third kappa shape index (κ3) is 5.89. The molecule has 0 saturated carbocycles. The molecule has 0 aromatic heterocycles. The summed E-state index contributed by atoms with van der Waals surface area (Å²) in [6.45, 7) is 8.66. The van der Waals surface area contributed by atoms with Crippen LogP contribution in [0.1, 0.15) is 66.2 Å². The molecule has 1 atom stereocenters. The molecule has 0 spiro atoms. The molecule has 20 heavy (non-hydrogen) atoms. The topological polar surface area (TPSA) is 43.4 Å². The van der Waals surface area contributed by atoms with Gasteiger partial charge in [0.15, 0.2) is 5.78 Å². The van der Waals surface area contributed by atoms with Crippen molar-refractivity contribution in [1.82, 2.24) is 0 Å². The van der Waals surface area contributed by atoms with Crippen LogP contribution in [0.3, 0.4) is 0 Å². The van der Waals surface area contributed by atoms with Crippen molar-refractivity contribution in [2.45, 2.75) is 66.2 Å². The molecule has 0 aromatic carbocycles. The Labute approximate surface area is 122 Å². The third-order valence-corrected chi connectivity index (χ3v) is 3.87. The Morgan fingerprint density at radius 1 is 1.35 bits per heavy atom. The van der Waals surface area contributed by atoms with Gasteiger partial charge in [0.2, 0.25) is 0 Å². The highest BCUT2D eigenvalue weighted by atomic mass is 16.5. The van der Waals surface area contributed by atoms with Crippen LogP contribution in [-0.2, 0) is 14.3 Å². The van der Waals surface area contributed by atoms with Gasteiger partial charge in [-0.1, -0.05) is 33.3 Å². The largest absolute Gasteiger partial charge is 0.465 e. The number of ketones is 1. The molecule has 0 radical (unpaired) electrons. The summed E-state index contributed by atoms with van der Waals surface area (Å²) >= 11 is 0. The fourth-order valence-corrected chi connectivity index (χ4v) is 2.57. The lowest BCUT2D eigenvalue weighted by Gasteiger charge is -2.28. The first kappa shape index (κ1) is 16.9. The van der Waals surface area contributed by atoms with Gasteiger partial charge in [-0.25, -0.2) is 0 Å². The second kappa shape index (κ2) is 7.61. The Balaban J connectivity index is 2.22. The van der Waals surface area contributed by atoms with E-state index in [0.29, 0.717) is 13.0 Å². The monoisotopic (exact) mass is 280 g/mol. The van der Waals surface area contributed by atoms with Crippen LogP contribution in [0.4, 0.5) is 0 Å². The minimum atomic E-state index is -0.0966. The molecular weight excluding hydrogens is 252 g/mol. The van der Waals surface area contributed by atoms with Gasteiger partial charge in [-0.15, -0.1) is 0 Å². The van der Waals surface area contributed by atoms with Crippen LogP contribution in [0.25, 0.3) is 0 Å². The van der Waals surface area contributed by atoms with E-state index in [2.05, 4.69) is 13.8 Å². The summed E-state index contributed by atoms with van der Waals surface area (Å²) in [4.78, 5) is 23.1. The molecule has 0 bridgehead atoms. The normalized spacial score (nSPS) is 19.4. The number of carbonyl (C=O) groups is 2. The van der Waals surface area contributed by atoms with Crippen molar-refractivity contribution >= 4 is 11.8 Å². The molecule has 3 heteroatoms. The Hall–Kier alpha value is -1.12. The van der Waals surface area contributed by atoms with Gasteiger partial charge in [-0.2, -0.15) is 0 Å². The van der Waals surface area contributed by atoms with Crippen LogP contribution in [0.5, 0.6) is 0 Å². The van der Waals surface area contributed by atoms with Gasteiger partial charge in [0.05, 0.1) is 12.5 Å². The van der Waals surface area contributed by atoms with Gasteiger partial charge in [0.1, 0.15) is 0 Å². The van der Waals surface area contributed by atoms with Gasteiger partial charge in [0, 0.05) is 6.42 Å². The van der Waals surface area contributed by atoms with Crippen LogP contribution in [0.2, 0.25) is 0 Å². The van der Waals surface area contributed by atoms with Gasteiger partial charge in [-0.3, -0.25) is 9.59 Å². The van der Waals surface area contributed by atoms with E-state index in [1.165, 1.54) is 5.57 Å². The number of carbonyl (C=O) groups excluding carboxylic acids is 2. The van der Waals surface area contributed by atoms with E-state index in [9.17, 15) is 9.59 Å². The zero-order valence-corrected chi connectivity index (χ0v) is 13.3. The molecule has 1 aliphatic carbocycles. The van der Waals surface area contributed by atoms with Crippen molar-refractivity contribution in [3.63, 3.8) is 0 Å². The van der Waals surface area contributed by atoms with Crippen molar-refractivity contribution < 1.29 is 14.3 Å². The maximum Gasteiger partial charge on any atom is 0.308 e. The third-order valence-electron chi connectivity index (χ3n) is 3.87. The Kier molecular flexibility index (Phi) is 6.44. The van der Waals surface area contributed by atoms with Crippen LogP contribution >= 0.6 is 0 Å². The van der Waals surface area contributed by atoms with Crippen molar-refractivity contribution in [1.29, 1.82) is 0 Å².